The van der Waals surface area contributed by atoms with Gasteiger partial charge in [-0.3, -0.25) is 20.4 Å². The van der Waals surface area contributed by atoms with Gasteiger partial charge in [-0.05, 0) is 42.6 Å². The quantitative estimate of drug-likeness (QED) is 0.434. The van der Waals surface area contributed by atoms with Gasteiger partial charge in [-0.15, -0.1) is 11.3 Å². The predicted octanol–water partition coefficient (Wildman–Crippen LogP) is 4.43. The number of thiazole rings is 1. The van der Waals surface area contributed by atoms with Gasteiger partial charge in [0.05, 0.1) is 5.69 Å². The van der Waals surface area contributed by atoms with E-state index in [1.54, 1.807) is 24.3 Å². The maximum Gasteiger partial charge on any atom is 0.305 e. The summed E-state index contributed by atoms with van der Waals surface area (Å²) in [5.41, 5.74) is 6.34. The summed E-state index contributed by atoms with van der Waals surface area (Å²) in [5, 5.41) is 4.69. The molecule has 0 aliphatic rings. The number of furan rings is 1. The number of thiophene rings is 1. The smallest absolute Gasteiger partial charge is 0.305 e. The third-order valence-electron chi connectivity index (χ3n) is 4.07. The third-order valence-corrected chi connectivity index (χ3v) is 5.96. The fourth-order valence-electron chi connectivity index (χ4n) is 2.60. The lowest BCUT2D eigenvalue weighted by Gasteiger charge is -2.05. The van der Waals surface area contributed by atoms with Crippen LogP contribution in [0.3, 0.4) is 0 Å². The first kappa shape index (κ1) is 19.9. The van der Waals surface area contributed by atoms with Gasteiger partial charge < -0.3 is 9.15 Å². The second-order valence-corrected chi connectivity index (χ2v) is 8.00. The monoisotopic (exact) mass is 439 g/mol. The first-order valence-electron chi connectivity index (χ1n) is 8.97. The van der Waals surface area contributed by atoms with E-state index in [0.717, 1.165) is 10.6 Å². The molecule has 0 bridgehead atoms. The van der Waals surface area contributed by atoms with Crippen LogP contribution in [0, 0.1) is 6.92 Å². The number of nitrogens with zero attached hydrogens (tertiary/aromatic N) is 1. The standard InChI is InChI=1S/C21H17N3O4S2/c1-13-18(30-21(22-13)14-9-10-29-12-14)20(26)24-23-19(25)17-8-7-16(28-17)11-27-15-5-3-2-4-6-15/h2-10,12H,11H2,1H3,(H,23,25)(H,24,26). The predicted molar refractivity (Wildman–Crippen MR) is 115 cm³/mol. The molecular weight excluding hydrogens is 422 g/mol. The first-order chi connectivity index (χ1) is 14.6. The van der Waals surface area contributed by atoms with Crippen LogP contribution < -0.4 is 15.6 Å². The molecule has 0 fully saturated rings. The maximum absolute atomic E-state index is 12.4. The van der Waals surface area contributed by atoms with Gasteiger partial charge in [0, 0.05) is 10.9 Å². The molecular formula is C21H17N3O4S2. The van der Waals surface area contributed by atoms with E-state index < -0.39 is 11.8 Å². The number of para-hydroxylation sites is 1. The normalized spacial score (nSPS) is 10.6. The Hall–Kier alpha value is -3.43. The molecule has 1 aromatic carbocycles. The van der Waals surface area contributed by atoms with Crippen molar-refractivity contribution < 1.29 is 18.7 Å². The van der Waals surface area contributed by atoms with Crippen LogP contribution in [0.2, 0.25) is 0 Å². The van der Waals surface area contributed by atoms with E-state index in [-0.39, 0.29) is 12.4 Å². The number of hydrogen-bond acceptors (Lipinski definition) is 7. The number of aromatic nitrogens is 1. The van der Waals surface area contributed by atoms with Crippen molar-refractivity contribution in [1.82, 2.24) is 15.8 Å². The number of amides is 2. The Morgan fingerprint density at radius 1 is 1.07 bits per heavy atom. The number of hydrazine groups is 1. The van der Waals surface area contributed by atoms with E-state index in [9.17, 15) is 9.59 Å². The highest BCUT2D eigenvalue weighted by atomic mass is 32.1. The molecule has 30 heavy (non-hydrogen) atoms. The molecule has 0 saturated carbocycles. The van der Waals surface area contributed by atoms with Gasteiger partial charge in [-0.1, -0.05) is 18.2 Å². The van der Waals surface area contributed by atoms with E-state index in [2.05, 4.69) is 15.8 Å². The third kappa shape index (κ3) is 4.58. The number of ether oxygens (including phenoxy) is 1. The van der Waals surface area contributed by atoms with Crippen molar-refractivity contribution in [3.63, 3.8) is 0 Å². The number of carbonyl (C=O) groups excluding carboxylic acids is 2. The summed E-state index contributed by atoms with van der Waals surface area (Å²) in [6.45, 7) is 1.95. The summed E-state index contributed by atoms with van der Waals surface area (Å²) in [6.07, 6.45) is 0. The van der Waals surface area contributed by atoms with Crippen molar-refractivity contribution >= 4 is 34.5 Å². The highest BCUT2D eigenvalue weighted by Crippen LogP contribution is 2.29. The fraction of sp³-hybridized carbons (Fsp3) is 0.0952. The summed E-state index contributed by atoms with van der Waals surface area (Å²) < 4.78 is 11.1. The summed E-state index contributed by atoms with van der Waals surface area (Å²) >= 11 is 2.84. The molecule has 0 unspecified atom stereocenters. The number of nitrogens with one attached hydrogen (secondary N) is 2. The zero-order valence-electron chi connectivity index (χ0n) is 15.9. The Labute approximate surface area is 180 Å². The van der Waals surface area contributed by atoms with E-state index >= 15 is 0 Å². The molecule has 9 heteroatoms. The van der Waals surface area contributed by atoms with Crippen LogP contribution in [-0.4, -0.2) is 16.8 Å². The first-order valence-corrected chi connectivity index (χ1v) is 10.7. The lowest BCUT2D eigenvalue weighted by Crippen LogP contribution is -2.41. The molecule has 152 valence electrons. The summed E-state index contributed by atoms with van der Waals surface area (Å²) in [5.74, 6) is 0.276. The van der Waals surface area contributed by atoms with Gasteiger partial charge in [-0.2, -0.15) is 11.3 Å². The van der Waals surface area contributed by atoms with Crippen LogP contribution >= 0.6 is 22.7 Å². The highest BCUT2D eigenvalue weighted by Gasteiger charge is 2.18. The Balaban J connectivity index is 1.32. The van der Waals surface area contributed by atoms with Gasteiger partial charge >= 0.3 is 5.91 Å². The van der Waals surface area contributed by atoms with Crippen LogP contribution in [0.15, 0.2) is 63.7 Å². The summed E-state index contributed by atoms with van der Waals surface area (Å²) in [6, 6.07) is 14.4. The Morgan fingerprint density at radius 2 is 1.87 bits per heavy atom. The average molecular weight is 440 g/mol. The number of benzene rings is 1. The molecule has 4 rings (SSSR count). The van der Waals surface area contributed by atoms with Gasteiger partial charge in [0.25, 0.3) is 5.91 Å². The number of carbonyl (C=O) groups is 2. The molecule has 3 aromatic heterocycles. The molecule has 0 radical (unpaired) electrons. The van der Waals surface area contributed by atoms with E-state index in [0.29, 0.717) is 22.1 Å². The van der Waals surface area contributed by atoms with Crippen molar-refractivity contribution in [2.24, 2.45) is 0 Å². The molecule has 0 atom stereocenters. The van der Waals surface area contributed by atoms with Gasteiger partial charge in [0.2, 0.25) is 0 Å². The van der Waals surface area contributed by atoms with Crippen molar-refractivity contribution in [2.75, 3.05) is 0 Å². The number of aryl methyl sites for hydroxylation is 1. The zero-order chi connectivity index (χ0) is 20.9. The molecule has 0 aliphatic carbocycles. The fourth-order valence-corrected chi connectivity index (χ4v) is 4.27. The molecule has 4 aromatic rings. The SMILES string of the molecule is Cc1nc(-c2ccsc2)sc1C(=O)NNC(=O)c1ccc(COc2ccccc2)o1. The van der Waals surface area contributed by atoms with Crippen LogP contribution in [0.1, 0.15) is 31.7 Å². The van der Waals surface area contributed by atoms with Crippen LogP contribution in [-0.2, 0) is 6.61 Å². The van der Waals surface area contributed by atoms with Crippen molar-refractivity contribution in [2.45, 2.75) is 13.5 Å². The van der Waals surface area contributed by atoms with Crippen molar-refractivity contribution in [3.8, 4) is 16.3 Å². The number of rotatable bonds is 6. The van der Waals surface area contributed by atoms with Crippen molar-refractivity contribution in [3.05, 3.63) is 81.4 Å². The van der Waals surface area contributed by atoms with E-state index in [4.69, 9.17) is 9.15 Å². The zero-order valence-corrected chi connectivity index (χ0v) is 17.5. The Morgan fingerprint density at radius 3 is 2.63 bits per heavy atom. The van der Waals surface area contributed by atoms with E-state index in [1.807, 2.05) is 47.2 Å². The summed E-state index contributed by atoms with van der Waals surface area (Å²) in [4.78, 5) is 29.6. The topological polar surface area (TPSA) is 93.5 Å². The molecule has 0 aliphatic heterocycles. The lowest BCUT2D eigenvalue weighted by atomic mass is 10.3. The van der Waals surface area contributed by atoms with E-state index in [1.165, 1.54) is 17.4 Å². The van der Waals surface area contributed by atoms with Crippen LogP contribution in [0.5, 0.6) is 5.75 Å². The van der Waals surface area contributed by atoms with Crippen LogP contribution in [0.25, 0.3) is 10.6 Å². The molecule has 0 saturated heterocycles. The highest BCUT2D eigenvalue weighted by molar-refractivity contribution is 7.17. The maximum atomic E-state index is 12.4. The van der Waals surface area contributed by atoms with Gasteiger partial charge in [-0.25, -0.2) is 4.98 Å². The summed E-state index contributed by atoms with van der Waals surface area (Å²) in [7, 11) is 0. The lowest BCUT2D eigenvalue weighted by molar-refractivity contribution is 0.0830. The van der Waals surface area contributed by atoms with Crippen LogP contribution in [0.4, 0.5) is 0 Å². The number of hydrogen-bond donors (Lipinski definition) is 2. The van der Waals surface area contributed by atoms with Gasteiger partial charge in [0.1, 0.15) is 28.0 Å². The minimum absolute atomic E-state index is 0.0713. The second kappa shape index (κ2) is 8.93. The minimum Gasteiger partial charge on any atom is -0.486 e. The second-order valence-electron chi connectivity index (χ2n) is 6.22. The van der Waals surface area contributed by atoms with Gasteiger partial charge in [0.15, 0.2) is 5.76 Å². The molecule has 2 amide bonds. The average Bonchev–Trinajstić information content (AvgIpc) is 3.51. The largest absolute Gasteiger partial charge is 0.486 e. The van der Waals surface area contributed by atoms with Crippen molar-refractivity contribution in [1.29, 1.82) is 0 Å². The molecule has 0 spiro atoms. The Bertz CT molecular complexity index is 1150. The minimum atomic E-state index is -0.561. The molecule has 2 N–H and O–H groups in total. The Kier molecular flexibility index (Phi) is 5.92. The molecule has 7 nitrogen and oxygen atoms in total. The molecule has 3 heterocycles.